The smallest absolute Gasteiger partial charge is 0.138 e. The fraction of sp³-hybridized carbons (Fsp3) is 0.286. The van der Waals surface area contributed by atoms with E-state index in [0.29, 0.717) is 10.8 Å². The van der Waals surface area contributed by atoms with E-state index in [0.717, 1.165) is 20.5 Å². The van der Waals surface area contributed by atoms with Crippen molar-refractivity contribution in [2.24, 2.45) is 0 Å². The van der Waals surface area contributed by atoms with E-state index in [-0.39, 0.29) is 6.10 Å². The molecule has 0 fully saturated rings. The molecule has 20 heavy (non-hydrogen) atoms. The highest BCUT2D eigenvalue weighted by molar-refractivity contribution is 9.13. The molecule has 0 unspecified atom stereocenters. The Hall–Kier alpha value is -0.230. The molecule has 2 rings (SSSR count). The Morgan fingerprint density at radius 3 is 2.60 bits per heavy atom. The van der Waals surface area contributed by atoms with E-state index in [1.54, 1.807) is 11.3 Å². The number of benzene rings is 1. The number of hydrogen-bond acceptors (Lipinski definition) is 3. The second kappa shape index (κ2) is 7.16. The number of halogens is 3. The summed E-state index contributed by atoms with van der Waals surface area (Å²) in [6.45, 7) is 4.72. The molecular weight excluding hydrogens is 425 g/mol. The molecule has 0 aliphatic carbocycles. The highest BCUT2D eigenvalue weighted by Crippen LogP contribution is 2.33. The van der Waals surface area contributed by atoms with Gasteiger partial charge in [-0.05, 0) is 70.0 Å². The SMILES string of the molecule is CC(C)Oc1ccc(NCc2cc(Br)c(Br)s2)cc1Cl. The summed E-state index contributed by atoms with van der Waals surface area (Å²) in [5.41, 5.74) is 0.978. The van der Waals surface area contributed by atoms with Gasteiger partial charge in [-0.2, -0.15) is 0 Å². The van der Waals surface area contributed by atoms with Crippen molar-refractivity contribution >= 4 is 60.5 Å². The van der Waals surface area contributed by atoms with Gasteiger partial charge in [0.15, 0.2) is 0 Å². The van der Waals surface area contributed by atoms with Crippen molar-refractivity contribution in [3.8, 4) is 5.75 Å². The van der Waals surface area contributed by atoms with Crippen LogP contribution in [0.25, 0.3) is 0 Å². The number of hydrogen-bond donors (Lipinski definition) is 1. The maximum atomic E-state index is 6.21. The summed E-state index contributed by atoms with van der Waals surface area (Å²) in [6, 6.07) is 7.85. The van der Waals surface area contributed by atoms with Crippen molar-refractivity contribution in [2.45, 2.75) is 26.5 Å². The number of anilines is 1. The molecule has 1 heterocycles. The topological polar surface area (TPSA) is 21.3 Å². The largest absolute Gasteiger partial charge is 0.489 e. The summed E-state index contributed by atoms with van der Waals surface area (Å²) in [7, 11) is 0. The van der Waals surface area contributed by atoms with Crippen LogP contribution in [0.2, 0.25) is 5.02 Å². The lowest BCUT2D eigenvalue weighted by Crippen LogP contribution is -2.06. The summed E-state index contributed by atoms with van der Waals surface area (Å²) < 4.78 is 7.80. The molecule has 2 nitrogen and oxygen atoms in total. The average molecular weight is 440 g/mol. The molecule has 108 valence electrons. The minimum Gasteiger partial charge on any atom is -0.489 e. The Bertz CT molecular complexity index is 581. The van der Waals surface area contributed by atoms with Gasteiger partial charge in [0.1, 0.15) is 5.75 Å². The number of nitrogens with one attached hydrogen (secondary N) is 1. The molecule has 0 radical (unpaired) electrons. The highest BCUT2D eigenvalue weighted by atomic mass is 79.9. The molecule has 0 saturated heterocycles. The third kappa shape index (κ3) is 4.38. The molecule has 1 aromatic heterocycles. The van der Waals surface area contributed by atoms with Crippen molar-refractivity contribution in [3.63, 3.8) is 0 Å². The third-order valence-electron chi connectivity index (χ3n) is 2.46. The van der Waals surface area contributed by atoms with Crippen LogP contribution in [-0.2, 0) is 6.54 Å². The molecule has 1 aromatic carbocycles. The van der Waals surface area contributed by atoms with Crippen LogP contribution in [0.4, 0.5) is 5.69 Å². The van der Waals surface area contributed by atoms with Crippen LogP contribution in [0.5, 0.6) is 5.75 Å². The summed E-state index contributed by atoms with van der Waals surface area (Å²) in [6.07, 6.45) is 0.118. The maximum Gasteiger partial charge on any atom is 0.138 e. The first-order valence-corrected chi connectivity index (χ1v) is 8.87. The second-order valence-electron chi connectivity index (χ2n) is 4.50. The summed E-state index contributed by atoms with van der Waals surface area (Å²) in [4.78, 5) is 1.24. The fourth-order valence-corrected chi connectivity index (χ4v) is 3.97. The van der Waals surface area contributed by atoms with E-state index in [4.69, 9.17) is 16.3 Å². The quantitative estimate of drug-likeness (QED) is 0.588. The molecule has 2 aromatic rings. The van der Waals surface area contributed by atoms with Gasteiger partial charge in [-0.1, -0.05) is 11.6 Å². The summed E-state index contributed by atoms with van der Waals surface area (Å²) in [5, 5.41) is 3.97. The summed E-state index contributed by atoms with van der Waals surface area (Å²) >= 11 is 14.9. The molecule has 0 aliphatic heterocycles. The van der Waals surface area contributed by atoms with E-state index < -0.39 is 0 Å². The van der Waals surface area contributed by atoms with E-state index in [1.165, 1.54) is 4.88 Å². The first kappa shape index (κ1) is 16.1. The lowest BCUT2D eigenvalue weighted by molar-refractivity contribution is 0.242. The van der Waals surface area contributed by atoms with Gasteiger partial charge >= 0.3 is 0 Å². The number of thiophene rings is 1. The predicted molar refractivity (Wildman–Crippen MR) is 94.3 cm³/mol. The maximum absolute atomic E-state index is 6.21. The molecule has 0 spiro atoms. The lowest BCUT2D eigenvalue weighted by Gasteiger charge is -2.12. The Kier molecular flexibility index (Phi) is 5.78. The van der Waals surface area contributed by atoms with Crippen molar-refractivity contribution in [2.75, 3.05) is 5.32 Å². The second-order valence-corrected chi connectivity index (χ2v) is 8.22. The zero-order chi connectivity index (χ0) is 14.7. The van der Waals surface area contributed by atoms with Crippen LogP contribution in [0.15, 0.2) is 32.5 Å². The van der Waals surface area contributed by atoms with E-state index in [1.807, 2.05) is 32.0 Å². The Labute approximate surface area is 144 Å². The van der Waals surface area contributed by atoms with Crippen LogP contribution in [-0.4, -0.2) is 6.10 Å². The molecule has 0 bridgehead atoms. The normalized spacial score (nSPS) is 10.9. The molecule has 0 aliphatic rings. The van der Waals surface area contributed by atoms with Crippen LogP contribution < -0.4 is 10.1 Å². The van der Waals surface area contributed by atoms with Gasteiger partial charge in [-0.25, -0.2) is 0 Å². The Morgan fingerprint density at radius 2 is 2.05 bits per heavy atom. The van der Waals surface area contributed by atoms with Gasteiger partial charge < -0.3 is 10.1 Å². The van der Waals surface area contributed by atoms with Crippen molar-refractivity contribution < 1.29 is 4.74 Å². The molecule has 0 amide bonds. The standard InChI is InChI=1S/C14H14Br2ClNOS/c1-8(2)19-13-4-3-9(5-12(13)17)18-7-10-6-11(15)14(16)20-10/h3-6,8,18H,7H2,1-2H3. The summed E-state index contributed by atoms with van der Waals surface area (Å²) in [5.74, 6) is 0.717. The van der Waals surface area contributed by atoms with Crippen molar-refractivity contribution in [1.29, 1.82) is 0 Å². The zero-order valence-electron chi connectivity index (χ0n) is 11.0. The van der Waals surface area contributed by atoms with Crippen LogP contribution >= 0.6 is 54.8 Å². The van der Waals surface area contributed by atoms with Gasteiger partial charge in [-0.15, -0.1) is 11.3 Å². The first-order chi connectivity index (χ1) is 9.45. The van der Waals surface area contributed by atoms with Crippen LogP contribution in [0.1, 0.15) is 18.7 Å². The average Bonchev–Trinajstić information content (AvgIpc) is 2.69. The van der Waals surface area contributed by atoms with Gasteiger partial charge in [0, 0.05) is 21.6 Å². The van der Waals surface area contributed by atoms with Crippen molar-refractivity contribution in [3.05, 3.63) is 42.4 Å². The monoisotopic (exact) mass is 437 g/mol. The van der Waals surface area contributed by atoms with E-state index >= 15 is 0 Å². The van der Waals surface area contributed by atoms with Crippen LogP contribution in [0, 0.1) is 0 Å². The minimum atomic E-state index is 0.118. The molecule has 1 N–H and O–H groups in total. The molecular formula is C14H14Br2ClNOS. The van der Waals surface area contributed by atoms with Gasteiger partial charge in [0.25, 0.3) is 0 Å². The Balaban J connectivity index is 2.01. The van der Waals surface area contributed by atoms with Crippen LogP contribution in [0.3, 0.4) is 0 Å². The Morgan fingerprint density at radius 1 is 1.30 bits per heavy atom. The van der Waals surface area contributed by atoms with E-state index in [2.05, 4.69) is 43.2 Å². The first-order valence-electron chi connectivity index (χ1n) is 6.09. The van der Waals surface area contributed by atoms with Gasteiger partial charge in [-0.3, -0.25) is 0 Å². The lowest BCUT2D eigenvalue weighted by atomic mass is 10.3. The minimum absolute atomic E-state index is 0.118. The fourth-order valence-electron chi connectivity index (χ4n) is 1.63. The molecule has 0 saturated carbocycles. The van der Waals surface area contributed by atoms with Gasteiger partial charge in [0.2, 0.25) is 0 Å². The van der Waals surface area contributed by atoms with E-state index in [9.17, 15) is 0 Å². The third-order valence-corrected chi connectivity index (χ3v) is 6.01. The molecule has 6 heteroatoms. The zero-order valence-corrected chi connectivity index (χ0v) is 15.8. The molecule has 0 atom stereocenters. The predicted octanol–water partition coefficient (Wildman–Crippen LogP) is 6.33. The van der Waals surface area contributed by atoms with Crippen molar-refractivity contribution in [1.82, 2.24) is 0 Å². The highest BCUT2D eigenvalue weighted by Gasteiger charge is 2.07. The van der Waals surface area contributed by atoms with Gasteiger partial charge in [0.05, 0.1) is 14.9 Å². The number of rotatable bonds is 5. The number of ether oxygens (including phenoxy) is 1.